The first kappa shape index (κ1) is 12.5. The standard InChI is InChI=1S/C12H16N2O4/c15-5-1-4-13-12(16)14-9-2-3-10-11(8-9)18-7-6-17-10/h2-3,8,15H,1,4-7H2,(H2,13,14,16). The molecule has 98 valence electrons. The van der Waals surface area contributed by atoms with Crippen LogP contribution < -0.4 is 20.1 Å². The number of amides is 2. The van der Waals surface area contributed by atoms with Crippen molar-refractivity contribution in [2.45, 2.75) is 6.42 Å². The number of urea groups is 1. The van der Waals surface area contributed by atoms with Gasteiger partial charge in [0.15, 0.2) is 11.5 Å². The van der Waals surface area contributed by atoms with E-state index in [1.807, 2.05) is 0 Å². The number of hydrogen-bond donors (Lipinski definition) is 3. The number of nitrogens with one attached hydrogen (secondary N) is 2. The molecule has 1 heterocycles. The number of anilines is 1. The monoisotopic (exact) mass is 252 g/mol. The van der Waals surface area contributed by atoms with Crippen LogP contribution in [0.25, 0.3) is 0 Å². The Morgan fingerprint density at radius 3 is 2.83 bits per heavy atom. The first-order valence-electron chi connectivity index (χ1n) is 5.85. The molecule has 0 bridgehead atoms. The lowest BCUT2D eigenvalue weighted by atomic mass is 10.2. The van der Waals surface area contributed by atoms with Crippen LogP contribution in [-0.2, 0) is 0 Å². The van der Waals surface area contributed by atoms with Crippen LogP contribution in [0.4, 0.5) is 10.5 Å². The van der Waals surface area contributed by atoms with E-state index in [4.69, 9.17) is 14.6 Å². The number of benzene rings is 1. The Bertz CT molecular complexity index is 423. The van der Waals surface area contributed by atoms with Crippen LogP contribution in [0.15, 0.2) is 18.2 Å². The second kappa shape index (κ2) is 6.11. The number of rotatable bonds is 4. The number of aliphatic hydroxyl groups is 1. The maximum atomic E-state index is 11.5. The summed E-state index contributed by atoms with van der Waals surface area (Å²) in [7, 11) is 0. The highest BCUT2D eigenvalue weighted by atomic mass is 16.6. The van der Waals surface area contributed by atoms with Gasteiger partial charge < -0.3 is 25.2 Å². The number of hydrogen-bond acceptors (Lipinski definition) is 4. The van der Waals surface area contributed by atoms with Crippen LogP contribution in [0.2, 0.25) is 0 Å². The molecule has 6 heteroatoms. The maximum Gasteiger partial charge on any atom is 0.319 e. The van der Waals surface area contributed by atoms with Crippen molar-refractivity contribution in [1.82, 2.24) is 5.32 Å². The van der Waals surface area contributed by atoms with E-state index in [2.05, 4.69) is 10.6 Å². The zero-order valence-corrected chi connectivity index (χ0v) is 9.94. The van der Waals surface area contributed by atoms with E-state index < -0.39 is 0 Å². The lowest BCUT2D eigenvalue weighted by Gasteiger charge is -2.19. The van der Waals surface area contributed by atoms with E-state index in [-0.39, 0.29) is 12.6 Å². The highest BCUT2D eigenvalue weighted by molar-refractivity contribution is 5.89. The number of aliphatic hydroxyl groups excluding tert-OH is 1. The molecule has 0 fully saturated rings. The molecule has 0 radical (unpaired) electrons. The Morgan fingerprint density at radius 2 is 2.06 bits per heavy atom. The number of ether oxygens (including phenoxy) is 2. The van der Waals surface area contributed by atoms with Gasteiger partial charge in [0.25, 0.3) is 0 Å². The molecule has 1 aliphatic heterocycles. The van der Waals surface area contributed by atoms with Crippen molar-refractivity contribution in [2.75, 3.05) is 31.7 Å². The maximum absolute atomic E-state index is 11.5. The molecule has 1 aromatic rings. The summed E-state index contributed by atoms with van der Waals surface area (Å²) in [6.07, 6.45) is 0.536. The largest absolute Gasteiger partial charge is 0.486 e. The summed E-state index contributed by atoms with van der Waals surface area (Å²) in [4.78, 5) is 11.5. The van der Waals surface area contributed by atoms with Gasteiger partial charge in [-0.15, -0.1) is 0 Å². The topological polar surface area (TPSA) is 79.8 Å². The minimum Gasteiger partial charge on any atom is -0.486 e. The summed E-state index contributed by atoms with van der Waals surface area (Å²) in [5.41, 5.74) is 0.640. The molecule has 2 rings (SSSR count). The Labute approximate surface area is 105 Å². The fourth-order valence-corrected chi connectivity index (χ4v) is 1.58. The van der Waals surface area contributed by atoms with Crippen LogP contribution in [0.3, 0.4) is 0 Å². The van der Waals surface area contributed by atoms with Gasteiger partial charge in [0.2, 0.25) is 0 Å². The summed E-state index contributed by atoms with van der Waals surface area (Å²) in [5.74, 6) is 1.32. The zero-order valence-electron chi connectivity index (χ0n) is 9.94. The predicted molar refractivity (Wildman–Crippen MR) is 66.2 cm³/mol. The number of carbonyl (C=O) groups is 1. The molecule has 1 aliphatic rings. The fraction of sp³-hybridized carbons (Fsp3) is 0.417. The average Bonchev–Trinajstić information content (AvgIpc) is 2.39. The van der Waals surface area contributed by atoms with Gasteiger partial charge in [-0.05, 0) is 18.6 Å². The molecule has 0 aliphatic carbocycles. The molecule has 18 heavy (non-hydrogen) atoms. The van der Waals surface area contributed by atoms with Crippen molar-refractivity contribution in [2.24, 2.45) is 0 Å². The van der Waals surface area contributed by atoms with Crippen molar-refractivity contribution >= 4 is 11.7 Å². The van der Waals surface area contributed by atoms with Gasteiger partial charge >= 0.3 is 6.03 Å². The molecule has 0 spiro atoms. The van der Waals surface area contributed by atoms with E-state index in [1.54, 1.807) is 18.2 Å². The zero-order chi connectivity index (χ0) is 12.8. The summed E-state index contributed by atoms with van der Waals surface area (Å²) < 4.78 is 10.8. The van der Waals surface area contributed by atoms with Gasteiger partial charge in [0.1, 0.15) is 13.2 Å². The van der Waals surface area contributed by atoms with Crippen molar-refractivity contribution in [3.05, 3.63) is 18.2 Å². The van der Waals surface area contributed by atoms with Crippen LogP contribution in [-0.4, -0.2) is 37.5 Å². The van der Waals surface area contributed by atoms with Gasteiger partial charge in [0, 0.05) is 24.9 Å². The fourth-order valence-electron chi connectivity index (χ4n) is 1.58. The van der Waals surface area contributed by atoms with Gasteiger partial charge in [-0.25, -0.2) is 4.79 Å². The number of fused-ring (bicyclic) bond motifs is 1. The highest BCUT2D eigenvalue weighted by Crippen LogP contribution is 2.32. The second-order valence-electron chi connectivity index (χ2n) is 3.82. The third-order valence-corrected chi connectivity index (χ3v) is 2.42. The van der Waals surface area contributed by atoms with E-state index in [0.717, 1.165) is 0 Å². The van der Waals surface area contributed by atoms with Gasteiger partial charge in [0.05, 0.1) is 0 Å². The Morgan fingerprint density at radius 1 is 1.28 bits per heavy atom. The van der Waals surface area contributed by atoms with E-state index in [1.165, 1.54) is 0 Å². The third-order valence-electron chi connectivity index (χ3n) is 2.42. The predicted octanol–water partition coefficient (Wildman–Crippen LogP) is 0.962. The normalized spacial score (nSPS) is 12.9. The van der Waals surface area contributed by atoms with E-state index in [9.17, 15) is 4.79 Å². The molecule has 0 saturated heterocycles. The minimum atomic E-state index is -0.305. The summed E-state index contributed by atoms with van der Waals surface area (Å²) in [6, 6.07) is 4.93. The van der Waals surface area contributed by atoms with Crippen molar-refractivity contribution < 1.29 is 19.4 Å². The second-order valence-corrected chi connectivity index (χ2v) is 3.82. The van der Waals surface area contributed by atoms with Crippen LogP contribution in [0.1, 0.15) is 6.42 Å². The molecule has 0 atom stereocenters. The van der Waals surface area contributed by atoms with E-state index >= 15 is 0 Å². The van der Waals surface area contributed by atoms with Crippen molar-refractivity contribution in [3.8, 4) is 11.5 Å². The molecule has 3 N–H and O–H groups in total. The SMILES string of the molecule is O=C(NCCCO)Nc1ccc2c(c1)OCCO2. The van der Waals surface area contributed by atoms with E-state index in [0.29, 0.717) is 43.4 Å². The van der Waals surface area contributed by atoms with Crippen LogP contribution in [0, 0.1) is 0 Å². The quantitative estimate of drug-likeness (QED) is 0.697. The lowest BCUT2D eigenvalue weighted by Crippen LogP contribution is -2.30. The highest BCUT2D eigenvalue weighted by Gasteiger charge is 2.12. The van der Waals surface area contributed by atoms with Gasteiger partial charge in [-0.2, -0.15) is 0 Å². The smallest absolute Gasteiger partial charge is 0.319 e. The molecular formula is C12H16N2O4. The van der Waals surface area contributed by atoms with Crippen LogP contribution >= 0.6 is 0 Å². The average molecular weight is 252 g/mol. The molecule has 6 nitrogen and oxygen atoms in total. The van der Waals surface area contributed by atoms with Gasteiger partial charge in [-0.3, -0.25) is 0 Å². The van der Waals surface area contributed by atoms with Gasteiger partial charge in [-0.1, -0.05) is 0 Å². The Kier molecular flexibility index (Phi) is 4.25. The molecule has 0 saturated carbocycles. The summed E-state index contributed by atoms with van der Waals surface area (Å²) in [6.45, 7) is 1.55. The summed E-state index contributed by atoms with van der Waals surface area (Å²) in [5, 5.41) is 13.9. The number of carbonyl (C=O) groups excluding carboxylic acids is 1. The molecule has 0 unspecified atom stereocenters. The first-order chi connectivity index (χ1) is 8.79. The lowest BCUT2D eigenvalue weighted by molar-refractivity contribution is 0.171. The molecule has 0 aromatic heterocycles. The Balaban J connectivity index is 1.91. The summed E-state index contributed by atoms with van der Waals surface area (Å²) >= 11 is 0. The molecular weight excluding hydrogens is 236 g/mol. The minimum absolute atomic E-state index is 0.0598. The van der Waals surface area contributed by atoms with Crippen LogP contribution in [0.5, 0.6) is 11.5 Å². The third kappa shape index (κ3) is 3.27. The first-order valence-corrected chi connectivity index (χ1v) is 5.85. The van der Waals surface area contributed by atoms with Crippen molar-refractivity contribution in [1.29, 1.82) is 0 Å². The van der Waals surface area contributed by atoms with Crippen molar-refractivity contribution in [3.63, 3.8) is 0 Å². The molecule has 2 amide bonds. The molecule has 1 aromatic carbocycles. The Hall–Kier alpha value is -1.95.